The third-order valence-corrected chi connectivity index (χ3v) is 3.26. The predicted molar refractivity (Wildman–Crippen MR) is 59.9 cm³/mol. The Kier molecular flexibility index (Phi) is 2.21. The van der Waals surface area contributed by atoms with Crippen LogP contribution in [0.5, 0.6) is 0 Å². The number of nitrogens with one attached hydrogen (secondary N) is 3. The number of hydrogen-bond acceptors (Lipinski definition) is 3. The van der Waals surface area contributed by atoms with Crippen molar-refractivity contribution in [2.24, 2.45) is 0 Å². The van der Waals surface area contributed by atoms with Gasteiger partial charge < -0.3 is 10.6 Å². The van der Waals surface area contributed by atoms with E-state index in [1.165, 1.54) is 24.3 Å². The minimum absolute atomic E-state index is 0.647. The van der Waals surface area contributed by atoms with Crippen LogP contribution in [-0.4, -0.2) is 19.8 Å². The SMILES string of the molecule is c1cc2c([n+](C3CCNCC3)c1)NCN2. The van der Waals surface area contributed by atoms with Gasteiger partial charge in [-0.05, 0) is 25.2 Å². The molecule has 15 heavy (non-hydrogen) atoms. The van der Waals surface area contributed by atoms with Gasteiger partial charge in [0.1, 0.15) is 11.7 Å². The van der Waals surface area contributed by atoms with Crippen molar-refractivity contribution < 1.29 is 4.57 Å². The van der Waals surface area contributed by atoms with Crippen LogP contribution in [0.4, 0.5) is 11.5 Å². The Bertz CT molecular complexity index is 358. The highest BCUT2D eigenvalue weighted by Crippen LogP contribution is 2.24. The third kappa shape index (κ3) is 1.55. The van der Waals surface area contributed by atoms with Gasteiger partial charge >= 0.3 is 0 Å². The summed E-state index contributed by atoms with van der Waals surface area (Å²) in [6.45, 7) is 3.12. The molecule has 2 aliphatic rings. The Morgan fingerprint density at radius 1 is 1.20 bits per heavy atom. The van der Waals surface area contributed by atoms with Crippen molar-refractivity contribution in [2.45, 2.75) is 18.9 Å². The van der Waals surface area contributed by atoms with Gasteiger partial charge in [0.15, 0.2) is 6.67 Å². The first kappa shape index (κ1) is 8.97. The molecule has 0 radical (unpaired) electrons. The van der Waals surface area contributed by atoms with Gasteiger partial charge in [0.05, 0.1) is 6.20 Å². The van der Waals surface area contributed by atoms with Crippen LogP contribution in [0, 0.1) is 0 Å². The van der Waals surface area contributed by atoms with Gasteiger partial charge in [-0.3, -0.25) is 5.32 Å². The molecule has 0 atom stereocenters. The fourth-order valence-electron chi connectivity index (χ4n) is 2.47. The fraction of sp³-hybridized carbons (Fsp3) is 0.545. The zero-order valence-corrected chi connectivity index (χ0v) is 8.79. The number of pyridine rings is 1. The molecule has 4 heteroatoms. The van der Waals surface area contributed by atoms with Crippen LogP contribution < -0.4 is 20.5 Å². The summed E-state index contributed by atoms with van der Waals surface area (Å²) in [6, 6.07) is 4.90. The van der Waals surface area contributed by atoms with Gasteiger partial charge in [0.25, 0.3) is 5.82 Å². The molecule has 0 spiro atoms. The van der Waals surface area contributed by atoms with Crippen molar-refractivity contribution in [2.75, 3.05) is 30.4 Å². The molecule has 0 unspecified atom stereocenters. The Labute approximate surface area is 89.7 Å². The second-order valence-corrected chi connectivity index (χ2v) is 4.19. The molecule has 1 aromatic rings. The monoisotopic (exact) mass is 205 g/mol. The van der Waals surface area contributed by atoms with E-state index >= 15 is 0 Å². The van der Waals surface area contributed by atoms with Crippen LogP contribution in [0.15, 0.2) is 18.3 Å². The van der Waals surface area contributed by atoms with E-state index in [1.54, 1.807) is 0 Å². The number of aromatic nitrogens is 1. The van der Waals surface area contributed by atoms with Crippen LogP contribution >= 0.6 is 0 Å². The smallest absolute Gasteiger partial charge is 0.299 e. The Hall–Kier alpha value is -1.29. The maximum Gasteiger partial charge on any atom is 0.299 e. The number of piperidine rings is 1. The molecule has 3 heterocycles. The second-order valence-electron chi connectivity index (χ2n) is 4.19. The molecule has 1 aromatic heterocycles. The van der Waals surface area contributed by atoms with E-state index in [0.29, 0.717) is 6.04 Å². The van der Waals surface area contributed by atoms with Gasteiger partial charge in [-0.1, -0.05) is 0 Å². The Morgan fingerprint density at radius 3 is 2.93 bits per heavy atom. The summed E-state index contributed by atoms with van der Waals surface area (Å²) in [5.41, 5.74) is 1.23. The topological polar surface area (TPSA) is 40.0 Å². The van der Waals surface area contributed by atoms with Crippen LogP contribution in [0.25, 0.3) is 0 Å². The van der Waals surface area contributed by atoms with E-state index in [4.69, 9.17) is 0 Å². The summed E-state index contributed by atoms with van der Waals surface area (Å²) in [5, 5.41) is 10.1. The van der Waals surface area contributed by atoms with Gasteiger partial charge in [0, 0.05) is 12.8 Å². The first-order chi connectivity index (χ1) is 7.45. The lowest BCUT2D eigenvalue weighted by atomic mass is 10.1. The van der Waals surface area contributed by atoms with Gasteiger partial charge in [-0.2, -0.15) is 0 Å². The number of hydrogen-bond donors (Lipinski definition) is 3. The largest absolute Gasteiger partial charge is 0.343 e. The molecule has 3 N–H and O–H groups in total. The summed E-state index contributed by atoms with van der Waals surface area (Å²) < 4.78 is 2.39. The fourth-order valence-corrected chi connectivity index (χ4v) is 2.47. The molecule has 1 fully saturated rings. The molecule has 0 bridgehead atoms. The van der Waals surface area contributed by atoms with Crippen molar-refractivity contribution in [1.29, 1.82) is 0 Å². The summed E-state index contributed by atoms with van der Waals surface area (Å²) in [4.78, 5) is 0. The second kappa shape index (κ2) is 3.70. The average molecular weight is 205 g/mol. The van der Waals surface area contributed by atoms with E-state index < -0.39 is 0 Å². The van der Waals surface area contributed by atoms with Gasteiger partial charge in [-0.15, -0.1) is 0 Å². The minimum atomic E-state index is 0.647. The molecule has 2 aliphatic heterocycles. The van der Waals surface area contributed by atoms with Crippen molar-refractivity contribution in [1.82, 2.24) is 5.32 Å². The molecule has 4 nitrogen and oxygen atoms in total. The zero-order valence-electron chi connectivity index (χ0n) is 8.79. The lowest BCUT2D eigenvalue weighted by molar-refractivity contribution is -0.711. The van der Waals surface area contributed by atoms with Crippen molar-refractivity contribution in [3.63, 3.8) is 0 Å². The van der Waals surface area contributed by atoms with E-state index in [-0.39, 0.29) is 0 Å². The molecule has 0 aliphatic carbocycles. The highest BCUT2D eigenvalue weighted by Gasteiger charge is 2.26. The molecule has 0 amide bonds. The molecule has 1 saturated heterocycles. The van der Waals surface area contributed by atoms with Gasteiger partial charge in [-0.25, -0.2) is 4.57 Å². The first-order valence-electron chi connectivity index (χ1n) is 5.68. The van der Waals surface area contributed by atoms with Crippen molar-refractivity contribution in [3.8, 4) is 0 Å². The molecule has 0 aromatic carbocycles. The quantitative estimate of drug-likeness (QED) is 0.591. The number of rotatable bonds is 1. The molecule has 80 valence electrons. The summed E-state index contributed by atoms with van der Waals surface area (Å²) in [7, 11) is 0. The lowest BCUT2D eigenvalue weighted by Crippen LogP contribution is -2.46. The Balaban J connectivity index is 1.93. The van der Waals surface area contributed by atoms with E-state index in [0.717, 1.165) is 19.8 Å². The van der Waals surface area contributed by atoms with E-state index in [1.807, 2.05) is 0 Å². The average Bonchev–Trinajstić information content (AvgIpc) is 2.78. The highest BCUT2D eigenvalue weighted by molar-refractivity contribution is 5.65. The number of fused-ring (bicyclic) bond motifs is 1. The summed E-state index contributed by atoms with van der Waals surface area (Å²) in [5.74, 6) is 1.25. The summed E-state index contributed by atoms with van der Waals surface area (Å²) >= 11 is 0. The third-order valence-electron chi connectivity index (χ3n) is 3.26. The highest BCUT2D eigenvalue weighted by atomic mass is 15.2. The standard InChI is InChI=1S/C11H16N4/c1-2-10-11(14-8-13-10)15(7-1)9-3-5-12-6-4-9/h1-2,7,9,12-13H,3-6,8H2/p+1. The van der Waals surface area contributed by atoms with Gasteiger partial charge in [0.2, 0.25) is 0 Å². The maximum atomic E-state index is 3.40. The Morgan fingerprint density at radius 2 is 2.07 bits per heavy atom. The lowest BCUT2D eigenvalue weighted by Gasteiger charge is -2.22. The van der Waals surface area contributed by atoms with E-state index in [9.17, 15) is 0 Å². The van der Waals surface area contributed by atoms with Crippen LogP contribution in [0.2, 0.25) is 0 Å². The summed E-state index contributed by atoms with van der Waals surface area (Å²) in [6.07, 6.45) is 4.64. The number of nitrogens with zero attached hydrogens (tertiary/aromatic N) is 1. The van der Waals surface area contributed by atoms with Crippen molar-refractivity contribution >= 4 is 11.5 Å². The molecule has 3 rings (SSSR count). The molecular formula is C11H17N4+. The predicted octanol–water partition coefficient (Wildman–Crippen LogP) is 0.693. The van der Waals surface area contributed by atoms with E-state index in [2.05, 4.69) is 38.8 Å². The molecule has 0 saturated carbocycles. The molecular weight excluding hydrogens is 188 g/mol. The minimum Gasteiger partial charge on any atom is -0.343 e. The normalized spacial score (nSPS) is 20.5. The zero-order chi connectivity index (χ0) is 10.1. The first-order valence-corrected chi connectivity index (χ1v) is 5.68. The number of anilines is 2. The van der Waals surface area contributed by atoms with Crippen LogP contribution in [0.3, 0.4) is 0 Å². The maximum absolute atomic E-state index is 3.40. The van der Waals surface area contributed by atoms with Crippen LogP contribution in [0.1, 0.15) is 18.9 Å². The van der Waals surface area contributed by atoms with Crippen molar-refractivity contribution in [3.05, 3.63) is 18.3 Å². The van der Waals surface area contributed by atoms with Crippen LogP contribution in [-0.2, 0) is 0 Å².